The van der Waals surface area contributed by atoms with Crippen LogP contribution in [0, 0.1) is 17.8 Å². The van der Waals surface area contributed by atoms with Gasteiger partial charge < -0.3 is 5.32 Å². The van der Waals surface area contributed by atoms with Gasteiger partial charge in [0.15, 0.2) is 0 Å². The van der Waals surface area contributed by atoms with Crippen LogP contribution in [0.1, 0.15) is 73.1 Å². The Labute approximate surface area is 133 Å². The minimum Gasteiger partial charge on any atom is -0.311 e. The van der Waals surface area contributed by atoms with Crippen LogP contribution in [0.2, 0.25) is 0 Å². The van der Waals surface area contributed by atoms with Gasteiger partial charge in [-0.25, -0.2) is 0 Å². The molecule has 0 aromatic carbocycles. The Bertz CT molecular complexity index is 300. The molecule has 0 radical (unpaired) electrons. The largest absolute Gasteiger partial charge is 0.311 e. The molecule has 1 aliphatic carbocycles. The maximum absolute atomic E-state index is 3.85. The quantitative estimate of drug-likeness (QED) is 0.813. The summed E-state index contributed by atoms with van der Waals surface area (Å²) in [5, 5.41) is 3.85. The summed E-state index contributed by atoms with van der Waals surface area (Å²) >= 11 is 0. The zero-order valence-corrected chi connectivity index (χ0v) is 15.1. The van der Waals surface area contributed by atoms with Crippen LogP contribution in [-0.2, 0) is 0 Å². The lowest BCUT2D eigenvalue weighted by atomic mass is 9.81. The second-order valence-corrected chi connectivity index (χ2v) is 8.00. The summed E-state index contributed by atoms with van der Waals surface area (Å²) in [4.78, 5) is 2.92. The SMILES string of the molecule is CCC1CCCC(N2CC(C(C)CC)NCC2C(C)C)C1. The van der Waals surface area contributed by atoms with Gasteiger partial charge in [-0.05, 0) is 30.6 Å². The van der Waals surface area contributed by atoms with Gasteiger partial charge in [-0.15, -0.1) is 0 Å². The Morgan fingerprint density at radius 3 is 2.52 bits per heavy atom. The molecule has 2 aliphatic rings. The van der Waals surface area contributed by atoms with Crippen LogP contribution < -0.4 is 5.32 Å². The van der Waals surface area contributed by atoms with Crippen molar-refractivity contribution in [2.45, 2.75) is 91.3 Å². The van der Waals surface area contributed by atoms with E-state index in [9.17, 15) is 0 Å². The summed E-state index contributed by atoms with van der Waals surface area (Å²) < 4.78 is 0. The molecule has 2 rings (SSSR count). The number of piperazine rings is 1. The first-order valence-electron chi connectivity index (χ1n) is 9.55. The van der Waals surface area contributed by atoms with Crippen LogP contribution in [0.25, 0.3) is 0 Å². The average molecular weight is 295 g/mol. The van der Waals surface area contributed by atoms with Gasteiger partial charge in [0.25, 0.3) is 0 Å². The highest BCUT2D eigenvalue weighted by Crippen LogP contribution is 2.33. The van der Waals surface area contributed by atoms with Crippen molar-refractivity contribution in [3.63, 3.8) is 0 Å². The maximum atomic E-state index is 3.85. The summed E-state index contributed by atoms with van der Waals surface area (Å²) in [5.41, 5.74) is 0. The molecule has 1 aliphatic heterocycles. The first-order valence-corrected chi connectivity index (χ1v) is 9.55. The molecule has 1 heterocycles. The van der Waals surface area contributed by atoms with Gasteiger partial charge in [0, 0.05) is 31.2 Å². The minimum absolute atomic E-state index is 0.701. The van der Waals surface area contributed by atoms with E-state index in [0.29, 0.717) is 6.04 Å². The smallest absolute Gasteiger partial charge is 0.0247 e. The van der Waals surface area contributed by atoms with Crippen molar-refractivity contribution in [3.8, 4) is 0 Å². The summed E-state index contributed by atoms with van der Waals surface area (Å²) in [6.07, 6.45) is 8.48. The Morgan fingerprint density at radius 2 is 1.90 bits per heavy atom. The molecule has 2 nitrogen and oxygen atoms in total. The molecule has 0 aromatic heterocycles. The summed E-state index contributed by atoms with van der Waals surface area (Å²) in [5.74, 6) is 2.54. The summed E-state index contributed by atoms with van der Waals surface area (Å²) in [6.45, 7) is 14.4. The van der Waals surface area contributed by atoms with Crippen molar-refractivity contribution in [3.05, 3.63) is 0 Å². The van der Waals surface area contributed by atoms with Crippen molar-refractivity contribution in [1.29, 1.82) is 0 Å². The topological polar surface area (TPSA) is 15.3 Å². The highest BCUT2D eigenvalue weighted by molar-refractivity contribution is 4.94. The third-order valence-electron chi connectivity index (χ3n) is 6.32. The van der Waals surface area contributed by atoms with Crippen LogP contribution in [0.4, 0.5) is 0 Å². The van der Waals surface area contributed by atoms with Crippen LogP contribution >= 0.6 is 0 Å². The monoisotopic (exact) mass is 294 g/mol. The van der Waals surface area contributed by atoms with Crippen molar-refractivity contribution in [2.75, 3.05) is 13.1 Å². The van der Waals surface area contributed by atoms with E-state index < -0.39 is 0 Å². The van der Waals surface area contributed by atoms with Crippen LogP contribution in [0.15, 0.2) is 0 Å². The van der Waals surface area contributed by atoms with Gasteiger partial charge in [-0.3, -0.25) is 4.90 Å². The number of nitrogens with zero attached hydrogens (tertiary/aromatic N) is 1. The molecule has 2 heteroatoms. The molecule has 0 aromatic rings. The Hall–Kier alpha value is -0.0800. The lowest BCUT2D eigenvalue weighted by molar-refractivity contribution is 0.0187. The van der Waals surface area contributed by atoms with Crippen molar-refractivity contribution >= 4 is 0 Å². The van der Waals surface area contributed by atoms with Crippen molar-refractivity contribution < 1.29 is 0 Å². The molecule has 5 unspecified atom stereocenters. The van der Waals surface area contributed by atoms with Crippen molar-refractivity contribution in [2.24, 2.45) is 17.8 Å². The fraction of sp³-hybridized carbons (Fsp3) is 1.00. The first-order chi connectivity index (χ1) is 10.1. The highest BCUT2D eigenvalue weighted by Gasteiger charge is 2.37. The van der Waals surface area contributed by atoms with Gasteiger partial charge >= 0.3 is 0 Å². The Kier molecular flexibility index (Phi) is 6.55. The van der Waals surface area contributed by atoms with Crippen LogP contribution in [-0.4, -0.2) is 36.1 Å². The molecule has 0 spiro atoms. The van der Waals surface area contributed by atoms with Crippen LogP contribution in [0.5, 0.6) is 0 Å². The number of hydrogen-bond acceptors (Lipinski definition) is 2. The van der Waals surface area contributed by atoms with E-state index in [0.717, 1.165) is 29.8 Å². The minimum atomic E-state index is 0.701. The van der Waals surface area contributed by atoms with Gasteiger partial charge in [0.05, 0.1) is 0 Å². The highest BCUT2D eigenvalue weighted by atomic mass is 15.3. The van der Waals surface area contributed by atoms with Gasteiger partial charge in [-0.1, -0.05) is 60.3 Å². The van der Waals surface area contributed by atoms with E-state index in [2.05, 4.69) is 44.8 Å². The molecule has 1 saturated carbocycles. The van der Waals surface area contributed by atoms with E-state index in [1.54, 1.807) is 0 Å². The predicted molar refractivity (Wildman–Crippen MR) is 92.6 cm³/mol. The molecule has 1 saturated heterocycles. The lowest BCUT2D eigenvalue weighted by Crippen LogP contribution is -2.62. The normalized spacial score (nSPS) is 36.9. The van der Waals surface area contributed by atoms with E-state index in [1.807, 2.05) is 0 Å². The van der Waals surface area contributed by atoms with E-state index in [1.165, 1.54) is 51.6 Å². The molecular weight excluding hydrogens is 256 g/mol. The standard InChI is InChI=1S/C19H38N2/c1-6-15(5)18-13-21(19(12-20-18)14(3)4)17-10-8-9-16(7-2)11-17/h14-20H,6-13H2,1-5H3. The Morgan fingerprint density at radius 1 is 1.14 bits per heavy atom. The summed E-state index contributed by atoms with van der Waals surface area (Å²) in [6, 6.07) is 2.29. The molecule has 0 amide bonds. The Balaban J connectivity index is 2.06. The van der Waals surface area contributed by atoms with Crippen LogP contribution in [0.3, 0.4) is 0 Å². The molecule has 1 N–H and O–H groups in total. The third kappa shape index (κ3) is 4.22. The predicted octanol–water partition coefficient (Wildman–Crippen LogP) is 4.30. The van der Waals surface area contributed by atoms with Gasteiger partial charge in [-0.2, -0.15) is 0 Å². The third-order valence-corrected chi connectivity index (χ3v) is 6.32. The number of hydrogen-bond donors (Lipinski definition) is 1. The first kappa shape index (κ1) is 17.3. The molecule has 0 bridgehead atoms. The second kappa shape index (κ2) is 7.97. The fourth-order valence-corrected chi connectivity index (χ4v) is 4.46. The zero-order chi connectivity index (χ0) is 15.4. The van der Waals surface area contributed by atoms with E-state index in [-0.39, 0.29) is 0 Å². The number of rotatable bonds is 5. The summed E-state index contributed by atoms with van der Waals surface area (Å²) in [7, 11) is 0. The molecular formula is C19H38N2. The maximum Gasteiger partial charge on any atom is 0.0247 e. The second-order valence-electron chi connectivity index (χ2n) is 8.00. The van der Waals surface area contributed by atoms with Crippen molar-refractivity contribution in [1.82, 2.24) is 10.2 Å². The number of nitrogens with one attached hydrogen (secondary N) is 1. The molecule has 2 fully saturated rings. The van der Waals surface area contributed by atoms with Gasteiger partial charge in [0.2, 0.25) is 0 Å². The van der Waals surface area contributed by atoms with Gasteiger partial charge in [0.1, 0.15) is 0 Å². The fourth-order valence-electron chi connectivity index (χ4n) is 4.46. The molecule has 124 valence electrons. The zero-order valence-electron chi connectivity index (χ0n) is 15.1. The molecule has 21 heavy (non-hydrogen) atoms. The van der Waals surface area contributed by atoms with E-state index >= 15 is 0 Å². The van der Waals surface area contributed by atoms with E-state index in [4.69, 9.17) is 0 Å². The lowest BCUT2D eigenvalue weighted by Gasteiger charge is -2.49. The molecule has 5 atom stereocenters. The average Bonchev–Trinajstić information content (AvgIpc) is 2.53.